The van der Waals surface area contributed by atoms with Gasteiger partial charge in [-0.25, -0.2) is 8.42 Å². The summed E-state index contributed by atoms with van der Waals surface area (Å²) < 4.78 is 38.3. The average Bonchev–Trinajstić information content (AvgIpc) is 3.27. The first kappa shape index (κ1) is 22.0. The number of anilines is 1. The molecule has 1 unspecified atom stereocenters. The van der Waals surface area contributed by atoms with Gasteiger partial charge in [-0.2, -0.15) is 4.31 Å². The SMILES string of the molecule is COc1ccc(N2CCN(S(C)(=O)=O)C(Cc3ccccc3)C2)cc1OC1CCCC1. The third-order valence-electron chi connectivity index (χ3n) is 6.28. The number of hydrogen-bond donors (Lipinski definition) is 0. The van der Waals surface area contributed by atoms with E-state index in [1.54, 1.807) is 11.4 Å². The minimum Gasteiger partial charge on any atom is -0.493 e. The number of nitrogens with zero attached hydrogens (tertiary/aromatic N) is 2. The van der Waals surface area contributed by atoms with Crippen molar-refractivity contribution in [3.63, 3.8) is 0 Å². The topological polar surface area (TPSA) is 59.1 Å². The van der Waals surface area contributed by atoms with Crippen LogP contribution >= 0.6 is 0 Å². The Morgan fingerprint density at radius 3 is 2.42 bits per heavy atom. The van der Waals surface area contributed by atoms with E-state index >= 15 is 0 Å². The number of piperazine rings is 1. The molecular weight excluding hydrogens is 412 g/mol. The fraction of sp³-hybridized carbons (Fsp3) is 0.500. The molecule has 168 valence electrons. The maximum atomic E-state index is 12.4. The van der Waals surface area contributed by atoms with E-state index in [1.807, 2.05) is 36.4 Å². The fourth-order valence-corrected chi connectivity index (χ4v) is 5.80. The van der Waals surface area contributed by atoms with Crippen LogP contribution in [0.25, 0.3) is 0 Å². The Labute approximate surface area is 185 Å². The van der Waals surface area contributed by atoms with Crippen molar-refractivity contribution < 1.29 is 17.9 Å². The van der Waals surface area contributed by atoms with Gasteiger partial charge < -0.3 is 14.4 Å². The number of ether oxygens (including phenoxy) is 2. The van der Waals surface area contributed by atoms with Gasteiger partial charge in [0.25, 0.3) is 0 Å². The molecule has 0 aromatic heterocycles. The highest BCUT2D eigenvalue weighted by Crippen LogP contribution is 2.36. The molecule has 1 aliphatic heterocycles. The van der Waals surface area contributed by atoms with Crippen molar-refractivity contribution in [2.75, 3.05) is 37.9 Å². The molecule has 1 saturated carbocycles. The molecule has 1 saturated heterocycles. The zero-order valence-electron chi connectivity index (χ0n) is 18.4. The first-order valence-electron chi connectivity index (χ1n) is 11.0. The molecular formula is C24H32N2O4S. The van der Waals surface area contributed by atoms with Gasteiger partial charge in [-0.15, -0.1) is 0 Å². The van der Waals surface area contributed by atoms with E-state index in [1.165, 1.54) is 19.1 Å². The largest absolute Gasteiger partial charge is 0.493 e. The highest BCUT2D eigenvalue weighted by atomic mass is 32.2. The second kappa shape index (κ2) is 9.49. The summed E-state index contributed by atoms with van der Waals surface area (Å²) in [5.41, 5.74) is 2.18. The van der Waals surface area contributed by atoms with Crippen LogP contribution in [-0.4, -0.2) is 57.9 Å². The van der Waals surface area contributed by atoms with Gasteiger partial charge in [-0.3, -0.25) is 0 Å². The molecule has 2 fully saturated rings. The molecule has 2 aromatic carbocycles. The van der Waals surface area contributed by atoms with E-state index in [2.05, 4.69) is 17.0 Å². The predicted molar refractivity (Wildman–Crippen MR) is 124 cm³/mol. The Morgan fingerprint density at radius 2 is 1.74 bits per heavy atom. The van der Waals surface area contributed by atoms with Gasteiger partial charge in [0.1, 0.15) is 0 Å². The summed E-state index contributed by atoms with van der Waals surface area (Å²) in [5.74, 6) is 1.52. The number of benzene rings is 2. The van der Waals surface area contributed by atoms with Crippen LogP contribution in [0.2, 0.25) is 0 Å². The number of hydrogen-bond acceptors (Lipinski definition) is 5. The van der Waals surface area contributed by atoms with Crippen molar-refractivity contribution >= 4 is 15.7 Å². The highest BCUT2D eigenvalue weighted by molar-refractivity contribution is 7.88. The summed E-state index contributed by atoms with van der Waals surface area (Å²) in [7, 11) is -1.61. The molecule has 1 aliphatic carbocycles. The van der Waals surface area contributed by atoms with Crippen LogP contribution in [-0.2, 0) is 16.4 Å². The van der Waals surface area contributed by atoms with Crippen molar-refractivity contribution in [2.45, 2.75) is 44.2 Å². The summed E-state index contributed by atoms with van der Waals surface area (Å²) in [6.45, 7) is 1.76. The Bertz CT molecular complexity index is 974. The average molecular weight is 445 g/mol. The van der Waals surface area contributed by atoms with Gasteiger partial charge in [0.15, 0.2) is 11.5 Å². The fourth-order valence-electron chi connectivity index (χ4n) is 4.70. The first-order valence-corrected chi connectivity index (χ1v) is 12.9. The Hall–Kier alpha value is -2.25. The van der Waals surface area contributed by atoms with Crippen molar-refractivity contribution in [3.8, 4) is 11.5 Å². The zero-order valence-corrected chi connectivity index (χ0v) is 19.2. The summed E-state index contributed by atoms with van der Waals surface area (Å²) in [5, 5.41) is 0. The predicted octanol–water partition coefficient (Wildman–Crippen LogP) is 3.71. The molecule has 2 aromatic rings. The smallest absolute Gasteiger partial charge is 0.211 e. The molecule has 0 bridgehead atoms. The van der Waals surface area contributed by atoms with Gasteiger partial charge >= 0.3 is 0 Å². The van der Waals surface area contributed by atoms with Crippen LogP contribution in [0.15, 0.2) is 48.5 Å². The standard InChI is InChI=1S/C24H32N2O4S/c1-29-23-13-12-20(17-24(23)30-22-10-6-7-11-22)25-14-15-26(31(2,27)28)21(18-25)16-19-8-4-3-5-9-19/h3-5,8-9,12-13,17,21-22H,6-7,10-11,14-16,18H2,1-2H3. The number of methoxy groups -OCH3 is 1. The van der Waals surface area contributed by atoms with E-state index in [0.29, 0.717) is 26.1 Å². The van der Waals surface area contributed by atoms with E-state index in [-0.39, 0.29) is 12.1 Å². The minimum atomic E-state index is -3.27. The lowest BCUT2D eigenvalue weighted by atomic mass is 10.0. The summed E-state index contributed by atoms with van der Waals surface area (Å²) >= 11 is 0. The third-order valence-corrected chi connectivity index (χ3v) is 7.61. The Kier molecular flexibility index (Phi) is 6.72. The van der Waals surface area contributed by atoms with Crippen LogP contribution in [0.4, 0.5) is 5.69 Å². The molecule has 31 heavy (non-hydrogen) atoms. The molecule has 6 nitrogen and oxygen atoms in total. The minimum absolute atomic E-state index is 0.118. The van der Waals surface area contributed by atoms with Gasteiger partial charge in [-0.05, 0) is 49.8 Å². The molecule has 7 heteroatoms. The van der Waals surface area contributed by atoms with Crippen LogP contribution < -0.4 is 14.4 Å². The quantitative estimate of drug-likeness (QED) is 0.652. The Morgan fingerprint density at radius 1 is 1.00 bits per heavy atom. The zero-order chi connectivity index (χ0) is 21.8. The van der Waals surface area contributed by atoms with E-state index in [0.717, 1.165) is 35.6 Å². The van der Waals surface area contributed by atoms with Crippen LogP contribution in [0.5, 0.6) is 11.5 Å². The van der Waals surface area contributed by atoms with Crippen molar-refractivity contribution in [2.24, 2.45) is 0 Å². The monoisotopic (exact) mass is 444 g/mol. The van der Waals surface area contributed by atoms with Gasteiger partial charge in [-0.1, -0.05) is 30.3 Å². The molecule has 0 spiro atoms. The lowest BCUT2D eigenvalue weighted by Gasteiger charge is -2.41. The van der Waals surface area contributed by atoms with Crippen LogP contribution in [0, 0.1) is 0 Å². The van der Waals surface area contributed by atoms with E-state index in [4.69, 9.17) is 9.47 Å². The van der Waals surface area contributed by atoms with Gasteiger partial charge in [0.05, 0.1) is 19.5 Å². The normalized spacial score (nSPS) is 20.7. The number of sulfonamides is 1. The molecule has 1 heterocycles. The number of rotatable bonds is 7. The first-order chi connectivity index (χ1) is 14.9. The van der Waals surface area contributed by atoms with E-state index < -0.39 is 10.0 Å². The summed E-state index contributed by atoms with van der Waals surface area (Å²) in [6.07, 6.45) is 6.83. The second-order valence-corrected chi connectivity index (χ2v) is 10.5. The van der Waals surface area contributed by atoms with Crippen LogP contribution in [0.3, 0.4) is 0 Å². The summed E-state index contributed by atoms with van der Waals surface area (Å²) in [6, 6.07) is 16.0. The molecule has 4 rings (SSSR count). The molecule has 1 atom stereocenters. The maximum absolute atomic E-state index is 12.4. The highest BCUT2D eigenvalue weighted by Gasteiger charge is 2.33. The van der Waals surface area contributed by atoms with Gasteiger partial charge in [0.2, 0.25) is 10.0 Å². The van der Waals surface area contributed by atoms with Crippen molar-refractivity contribution in [1.82, 2.24) is 4.31 Å². The third kappa shape index (κ3) is 5.33. The molecule has 0 N–H and O–H groups in total. The van der Waals surface area contributed by atoms with Crippen molar-refractivity contribution in [1.29, 1.82) is 0 Å². The Balaban J connectivity index is 1.56. The lowest BCUT2D eigenvalue weighted by molar-refractivity contribution is 0.200. The maximum Gasteiger partial charge on any atom is 0.211 e. The van der Waals surface area contributed by atoms with Gasteiger partial charge in [0, 0.05) is 37.4 Å². The second-order valence-electron chi connectivity index (χ2n) is 8.52. The van der Waals surface area contributed by atoms with Crippen molar-refractivity contribution in [3.05, 3.63) is 54.1 Å². The molecule has 2 aliphatic rings. The van der Waals surface area contributed by atoms with Crippen LogP contribution in [0.1, 0.15) is 31.2 Å². The molecule has 0 amide bonds. The lowest BCUT2D eigenvalue weighted by Crippen LogP contribution is -2.55. The molecule has 0 radical (unpaired) electrons. The summed E-state index contributed by atoms with van der Waals surface area (Å²) in [4.78, 5) is 2.26. The van der Waals surface area contributed by atoms with E-state index in [9.17, 15) is 8.42 Å².